The summed E-state index contributed by atoms with van der Waals surface area (Å²) < 4.78 is 5.25. The number of aryl methyl sites for hydroxylation is 1. The molecule has 0 bridgehead atoms. The van der Waals surface area contributed by atoms with E-state index in [1.54, 1.807) is 29.0 Å². The van der Waals surface area contributed by atoms with Crippen LogP contribution in [-0.2, 0) is 9.59 Å². The van der Waals surface area contributed by atoms with Gasteiger partial charge in [-0.05, 0) is 62.8 Å². The van der Waals surface area contributed by atoms with Gasteiger partial charge in [-0.3, -0.25) is 19.7 Å². The van der Waals surface area contributed by atoms with Crippen LogP contribution >= 0.6 is 0 Å². The third kappa shape index (κ3) is 6.12. The van der Waals surface area contributed by atoms with Gasteiger partial charge in [0.2, 0.25) is 11.8 Å². The number of carbonyl (C=O) groups is 2. The fourth-order valence-electron chi connectivity index (χ4n) is 4.14. The summed E-state index contributed by atoms with van der Waals surface area (Å²) in [6, 6.07) is 4.67. The smallest absolute Gasteiger partial charge is 0.274 e. The maximum absolute atomic E-state index is 13.2. The number of likely N-dealkylation sites (tertiary alicyclic amines) is 2. The average molecular weight is 446 g/mol. The van der Waals surface area contributed by atoms with Crippen molar-refractivity contribution in [3.05, 3.63) is 45.9 Å². The Hall–Kier alpha value is -3.30. The number of benzene rings is 1. The van der Waals surface area contributed by atoms with Crippen LogP contribution in [0.25, 0.3) is 0 Å². The number of carbonyl (C=O) groups excluding carboxylic acids is 2. The highest BCUT2D eigenvalue weighted by molar-refractivity contribution is 5.88. The number of nitrogens with one attached hydrogen (secondary N) is 2. The van der Waals surface area contributed by atoms with Crippen molar-refractivity contribution in [1.29, 1.82) is 0 Å². The van der Waals surface area contributed by atoms with Crippen molar-refractivity contribution in [3.63, 3.8) is 0 Å². The summed E-state index contributed by atoms with van der Waals surface area (Å²) >= 11 is 0. The first kappa shape index (κ1) is 23.4. The zero-order valence-corrected chi connectivity index (χ0v) is 18.6. The van der Waals surface area contributed by atoms with Gasteiger partial charge in [0.1, 0.15) is 11.8 Å². The summed E-state index contributed by atoms with van der Waals surface area (Å²) in [6.45, 7) is 3.91. The summed E-state index contributed by atoms with van der Waals surface area (Å²) in [5.74, 6) is 0.576. The lowest BCUT2D eigenvalue weighted by atomic mass is 10.1. The van der Waals surface area contributed by atoms with Crippen molar-refractivity contribution in [2.75, 3.05) is 38.6 Å². The maximum atomic E-state index is 13.2. The lowest BCUT2D eigenvalue weighted by molar-refractivity contribution is -0.403. The fraction of sp³-hybridized carbons (Fsp3) is 0.545. The Bertz CT molecular complexity index is 881. The van der Waals surface area contributed by atoms with Crippen LogP contribution in [0.15, 0.2) is 30.2 Å². The molecule has 0 radical (unpaired) electrons. The molecular formula is C22H31N5O5. The number of hydrogen-bond acceptors (Lipinski definition) is 7. The Labute approximate surface area is 187 Å². The Kier molecular flexibility index (Phi) is 7.91. The molecule has 0 aliphatic carbocycles. The molecule has 0 unspecified atom stereocenters. The highest BCUT2D eigenvalue weighted by atomic mass is 16.6. The lowest BCUT2D eigenvalue weighted by Gasteiger charge is -2.27. The number of amides is 2. The molecule has 174 valence electrons. The van der Waals surface area contributed by atoms with Crippen LogP contribution in [0, 0.1) is 17.0 Å². The summed E-state index contributed by atoms with van der Waals surface area (Å²) in [6.07, 6.45) is 4.91. The molecular weight excluding hydrogens is 414 g/mol. The molecule has 1 atom stereocenters. The third-order valence-corrected chi connectivity index (χ3v) is 5.80. The predicted molar refractivity (Wildman–Crippen MR) is 120 cm³/mol. The molecule has 2 N–H and O–H groups in total. The van der Waals surface area contributed by atoms with Gasteiger partial charge < -0.3 is 25.2 Å². The standard InChI is InChI=1S/C22H31N5O5/c1-16-13-17(8-9-19(16)32-2)23-20(14-27(30)31)24-18-7-3-4-12-26(22(18)29)15-21(28)25-10-5-6-11-25/h8-9,13-14,18,23-24H,3-7,10-12,15H2,1-2H3/b20-14+/t18-/m0/s1. The number of hydrogen-bond donors (Lipinski definition) is 2. The van der Waals surface area contributed by atoms with Crippen molar-refractivity contribution < 1.29 is 19.2 Å². The number of rotatable bonds is 8. The minimum Gasteiger partial charge on any atom is -0.496 e. The number of nitro groups is 1. The first-order valence-corrected chi connectivity index (χ1v) is 11.0. The van der Waals surface area contributed by atoms with E-state index in [9.17, 15) is 19.7 Å². The molecule has 1 aromatic carbocycles. The van der Waals surface area contributed by atoms with Crippen molar-refractivity contribution in [1.82, 2.24) is 15.1 Å². The van der Waals surface area contributed by atoms with Crippen molar-refractivity contribution in [2.24, 2.45) is 0 Å². The minimum absolute atomic E-state index is 0.0376. The third-order valence-electron chi connectivity index (χ3n) is 5.80. The van der Waals surface area contributed by atoms with Crippen LogP contribution in [0.5, 0.6) is 5.75 Å². The van der Waals surface area contributed by atoms with E-state index >= 15 is 0 Å². The predicted octanol–water partition coefficient (Wildman–Crippen LogP) is 2.08. The normalized spacial score (nSPS) is 19.5. The fourth-order valence-corrected chi connectivity index (χ4v) is 4.14. The SMILES string of the molecule is COc1ccc(N/C(=C\[N+](=O)[O-])N[C@H]2CCCCN(CC(=O)N3CCCC3)C2=O)cc1C. The van der Waals surface area contributed by atoms with Gasteiger partial charge in [-0.25, -0.2) is 0 Å². The zero-order valence-electron chi connectivity index (χ0n) is 18.6. The quantitative estimate of drug-likeness (QED) is 0.465. The number of ether oxygens (including phenoxy) is 1. The second-order valence-electron chi connectivity index (χ2n) is 8.18. The highest BCUT2D eigenvalue weighted by Gasteiger charge is 2.30. The molecule has 0 saturated carbocycles. The molecule has 2 fully saturated rings. The van der Waals surface area contributed by atoms with Crippen LogP contribution in [0.3, 0.4) is 0 Å². The average Bonchev–Trinajstić information content (AvgIpc) is 3.23. The molecule has 1 aromatic rings. The van der Waals surface area contributed by atoms with E-state index in [-0.39, 0.29) is 24.2 Å². The van der Waals surface area contributed by atoms with Gasteiger partial charge in [0.25, 0.3) is 6.20 Å². The Morgan fingerprint density at radius 3 is 2.62 bits per heavy atom. The van der Waals surface area contributed by atoms with E-state index in [4.69, 9.17) is 4.74 Å². The van der Waals surface area contributed by atoms with Gasteiger partial charge in [0, 0.05) is 25.3 Å². The molecule has 10 nitrogen and oxygen atoms in total. The second-order valence-corrected chi connectivity index (χ2v) is 8.18. The Balaban J connectivity index is 1.71. The first-order valence-electron chi connectivity index (χ1n) is 11.0. The van der Waals surface area contributed by atoms with Gasteiger partial charge in [-0.15, -0.1) is 0 Å². The van der Waals surface area contributed by atoms with E-state index in [0.29, 0.717) is 24.4 Å². The van der Waals surface area contributed by atoms with Gasteiger partial charge in [0.05, 0.1) is 18.6 Å². The van der Waals surface area contributed by atoms with Crippen molar-refractivity contribution >= 4 is 17.5 Å². The molecule has 2 aliphatic heterocycles. The highest BCUT2D eigenvalue weighted by Crippen LogP contribution is 2.22. The Morgan fingerprint density at radius 1 is 1.25 bits per heavy atom. The largest absolute Gasteiger partial charge is 0.496 e. The number of anilines is 1. The van der Waals surface area contributed by atoms with Gasteiger partial charge in [0.15, 0.2) is 5.82 Å². The molecule has 0 aromatic heterocycles. The maximum Gasteiger partial charge on any atom is 0.274 e. The minimum atomic E-state index is -0.651. The van der Waals surface area contributed by atoms with E-state index in [0.717, 1.165) is 50.5 Å². The van der Waals surface area contributed by atoms with Crippen LogP contribution in [0.1, 0.15) is 37.7 Å². The summed E-state index contributed by atoms with van der Waals surface area (Å²) in [7, 11) is 1.58. The first-order chi connectivity index (χ1) is 15.4. The van der Waals surface area contributed by atoms with Gasteiger partial charge in [-0.1, -0.05) is 0 Å². The number of methoxy groups -OCH3 is 1. The molecule has 3 rings (SSSR count). The van der Waals surface area contributed by atoms with Crippen LogP contribution in [0.4, 0.5) is 5.69 Å². The second kappa shape index (κ2) is 10.8. The van der Waals surface area contributed by atoms with E-state index in [2.05, 4.69) is 10.6 Å². The van der Waals surface area contributed by atoms with Crippen LogP contribution in [0.2, 0.25) is 0 Å². The molecule has 2 heterocycles. The van der Waals surface area contributed by atoms with Crippen molar-refractivity contribution in [3.8, 4) is 5.75 Å². The van der Waals surface area contributed by atoms with Crippen molar-refractivity contribution in [2.45, 2.75) is 45.1 Å². The molecule has 2 amide bonds. The van der Waals surface area contributed by atoms with Crippen LogP contribution in [-0.4, -0.2) is 65.9 Å². The molecule has 2 saturated heterocycles. The summed E-state index contributed by atoms with van der Waals surface area (Å²) in [5.41, 5.74) is 1.50. The molecule has 10 heteroatoms. The molecule has 32 heavy (non-hydrogen) atoms. The lowest BCUT2D eigenvalue weighted by Crippen LogP contribution is -2.49. The van der Waals surface area contributed by atoms with E-state index in [1.165, 1.54) is 0 Å². The zero-order chi connectivity index (χ0) is 23.1. The number of nitrogens with zero attached hydrogens (tertiary/aromatic N) is 3. The van der Waals surface area contributed by atoms with E-state index < -0.39 is 11.0 Å². The topological polar surface area (TPSA) is 117 Å². The Morgan fingerprint density at radius 2 is 1.97 bits per heavy atom. The molecule has 0 spiro atoms. The van der Waals surface area contributed by atoms with Gasteiger partial charge >= 0.3 is 0 Å². The summed E-state index contributed by atoms with van der Waals surface area (Å²) in [5, 5.41) is 17.2. The monoisotopic (exact) mass is 445 g/mol. The van der Waals surface area contributed by atoms with E-state index in [1.807, 2.05) is 13.0 Å². The van der Waals surface area contributed by atoms with Crippen LogP contribution < -0.4 is 15.4 Å². The van der Waals surface area contributed by atoms with Gasteiger partial charge in [-0.2, -0.15) is 0 Å². The molecule has 2 aliphatic rings. The summed E-state index contributed by atoms with van der Waals surface area (Å²) in [4.78, 5) is 39.7.